The number of aryl methyl sites for hydroxylation is 2. The molecule has 0 fully saturated rings. The highest BCUT2D eigenvalue weighted by Crippen LogP contribution is 2.33. The minimum absolute atomic E-state index is 0.0963. The molecule has 0 aromatic carbocycles. The highest BCUT2D eigenvalue weighted by molar-refractivity contribution is 7.13. The van der Waals surface area contributed by atoms with Crippen LogP contribution in [-0.4, -0.2) is 21.0 Å². The first-order valence-electron chi connectivity index (χ1n) is 5.78. The molecular formula is C13H10N2O4S. The quantitative estimate of drug-likeness (QED) is 0.795. The number of oxazole rings is 2. The Labute approximate surface area is 117 Å². The van der Waals surface area contributed by atoms with Crippen LogP contribution >= 0.6 is 11.3 Å². The number of rotatable bonds is 3. The minimum Gasteiger partial charge on any atom is -0.476 e. The van der Waals surface area contributed by atoms with E-state index in [4.69, 9.17) is 8.83 Å². The normalized spacial score (nSPS) is 10.9. The molecule has 0 unspecified atom stereocenters. The molecule has 0 atom stereocenters. The number of aromatic carboxylic acids is 1. The van der Waals surface area contributed by atoms with Gasteiger partial charge in [-0.1, -0.05) is 6.07 Å². The number of aromatic nitrogens is 2. The van der Waals surface area contributed by atoms with Gasteiger partial charge in [-0.2, -0.15) is 0 Å². The third-order valence-electron chi connectivity index (χ3n) is 2.67. The summed E-state index contributed by atoms with van der Waals surface area (Å²) in [7, 11) is 0. The molecular weight excluding hydrogens is 280 g/mol. The van der Waals surface area contributed by atoms with E-state index in [0.717, 1.165) is 4.88 Å². The van der Waals surface area contributed by atoms with Crippen LogP contribution in [0.2, 0.25) is 0 Å². The molecule has 3 rings (SSSR count). The molecule has 7 heteroatoms. The van der Waals surface area contributed by atoms with Crippen molar-refractivity contribution < 1.29 is 18.7 Å². The summed E-state index contributed by atoms with van der Waals surface area (Å²) in [4.78, 5) is 20.2. The summed E-state index contributed by atoms with van der Waals surface area (Å²) in [5, 5.41) is 11.1. The molecule has 0 bridgehead atoms. The minimum atomic E-state index is -1.17. The summed E-state index contributed by atoms with van der Waals surface area (Å²) in [5.41, 5.74) is 0.395. The molecule has 0 aliphatic heterocycles. The van der Waals surface area contributed by atoms with Gasteiger partial charge in [-0.15, -0.1) is 11.3 Å². The third-order valence-corrected chi connectivity index (χ3v) is 3.53. The van der Waals surface area contributed by atoms with Crippen LogP contribution in [0.5, 0.6) is 0 Å². The zero-order valence-electron chi connectivity index (χ0n) is 10.7. The Morgan fingerprint density at radius 2 is 2.05 bits per heavy atom. The van der Waals surface area contributed by atoms with E-state index in [0.29, 0.717) is 17.3 Å². The molecule has 3 heterocycles. The van der Waals surface area contributed by atoms with Crippen molar-refractivity contribution in [3.05, 3.63) is 34.8 Å². The van der Waals surface area contributed by atoms with Gasteiger partial charge in [-0.3, -0.25) is 0 Å². The van der Waals surface area contributed by atoms with Gasteiger partial charge in [0.15, 0.2) is 17.3 Å². The Morgan fingerprint density at radius 1 is 1.25 bits per heavy atom. The molecule has 0 aliphatic rings. The van der Waals surface area contributed by atoms with Crippen LogP contribution in [0.25, 0.3) is 22.3 Å². The molecule has 6 nitrogen and oxygen atoms in total. The number of carboxylic acid groups (broad SMARTS) is 1. The van der Waals surface area contributed by atoms with Crippen molar-refractivity contribution in [1.82, 2.24) is 9.97 Å². The molecule has 0 saturated carbocycles. The van der Waals surface area contributed by atoms with Gasteiger partial charge in [0, 0.05) is 6.92 Å². The monoisotopic (exact) mass is 290 g/mol. The van der Waals surface area contributed by atoms with Crippen LogP contribution < -0.4 is 0 Å². The van der Waals surface area contributed by atoms with E-state index >= 15 is 0 Å². The zero-order chi connectivity index (χ0) is 14.3. The van der Waals surface area contributed by atoms with Crippen molar-refractivity contribution in [3.63, 3.8) is 0 Å². The lowest BCUT2D eigenvalue weighted by Gasteiger charge is -1.93. The van der Waals surface area contributed by atoms with Crippen LogP contribution in [0.3, 0.4) is 0 Å². The van der Waals surface area contributed by atoms with Crippen LogP contribution in [0, 0.1) is 13.8 Å². The average molecular weight is 290 g/mol. The Balaban J connectivity index is 2.19. The first kappa shape index (κ1) is 12.6. The summed E-state index contributed by atoms with van der Waals surface area (Å²) < 4.78 is 11.0. The van der Waals surface area contributed by atoms with E-state index < -0.39 is 5.97 Å². The SMILES string of the molecule is Cc1nc(C)c(-c2oc(-c3cccs3)nc2C(=O)O)o1. The maximum absolute atomic E-state index is 11.3. The molecule has 3 aromatic rings. The maximum Gasteiger partial charge on any atom is 0.358 e. The molecule has 0 aliphatic carbocycles. The fourth-order valence-corrected chi connectivity index (χ4v) is 2.52. The number of carbonyl (C=O) groups is 1. The van der Waals surface area contributed by atoms with Gasteiger partial charge in [0.1, 0.15) is 0 Å². The van der Waals surface area contributed by atoms with Crippen molar-refractivity contribution in [2.45, 2.75) is 13.8 Å². The first-order valence-corrected chi connectivity index (χ1v) is 6.66. The molecule has 1 N–H and O–H groups in total. The number of hydrogen-bond donors (Lipinski definition) is 1. The molecule has 0 saturated heterocycles. The maximum atomic E-state index is 11.3. The average Bonchev–Trinajstić information content (AvgIpc) is 3.07. The van der Waals surface area contributed by atoms with Gasteiger partial charge < -0.3 is 13.9 Å². The fourth-order valence-electron chi connectivity index (χ4n) is 1.87. The molecule has 0 amide bonds. The van der Waals surface area contributed by atoms with Crippen molar-refractivity contribution in [2.24, 2.45) is 0 Å². The van der Waals surface area contributed by atoms with Gasteiger partial charge in [0.25, 0.3) is 0 Å². The predicted octanol–water partition coefficient (Wildman–Crippen LogP) is 3.37. The molecule has 3 aromatic heterocycles. The Kier molecular flexibility index (Phi) is 2.90. The molecule has 0 spiro atoms. The second-order valence-corrected chi connectivity index (χ2v) is 5.07. The van der Waals surface area contributed by atoms with E-state index in [1.807, 2.05) is 17.5 Å². The summed E-state index contributed by atoms with van der Waals surface area (Å²) in [6, 6.07) is 3.65. The highest BCUT2D eigenvalue weighted by atomic mass is 32.1. The molecule has 0 radical (unpaired) electrons. The predicted molar refractivity (Wildman–Crippen MR) is 71.7 cm³/mol. The van der Waals surface area contributed by atoms with E-state index in [9.17, 15) is 9.90 Å². The van der Waals surface area contributed by atoms with Crippen LogP contribution in [0.4, 0.5) is 0 Å². The lowest BCUT2D eigenvalue weighted by molar-refractivity contribution is 0.0691. The first-order chi connectivity index (χ1) is 9.56. The largest absolute Gasteiger partial charge is 0.476 e. The van der Waals surface area contributed by atoms with Crippen LogP contribution in [0.1, 0.15) is 22.1 Å². The van der Waals surface area contributed by atoms with Crippen molar-refractivity contribution in [3.8, 4) is 22.3 Å². The second kappa shape index (κ2) is 4.61. The van der Waals surface area contributed by atoms with Gasteiger partial charge in [-0.25, -0.2) is 14.8 Å². The summed E-state index contributed by atoms with van der Waals surface area (Å²) in [5.74, 6) is -0.0574. The van der Waals surface area contributed by atoms with E-state index in [1.165, 1.54) is 11.3 Å². The van der Waals surface area contributed by atoms with Gasteiger partial charge in [-0.05, 0) is 18.4 Å². The van der Waals surface area contributed by atoms with Crippen LogP contribution in [0.15, 0.2) is 26.3 Å². The van der Waals surface area contributed by atoms with Crippen LogP contribution in [-0.2, 0) is 0 Å². The number of hydrogen-bond acceptors (Lipinski definition) is 6. The van der Waals surface area contributed by atoms with Crippen molar-refractivity contribution >= 4 is 17.3 Å². The Hall–Kier alpha value is -2.41. The van der Waals surface area contributed by atoms with E-state index in [-0.39, 0.29) is 17.3 Å². The topological polar surface area (TPSA) is 89.4 Å². The zero-order valence-corrected chi connectivity index (χ0v) is 11.5. The second-order valence-electron chi connectivity index (χ2n) is 4.13. The summed E-state index contributed by atoms with van der Waals surface area (Å²) >= 11 is 1.42. The standard InChI is InChI=1S/C13H10N2O4S/c1-6-10(18-7(2)14-6)11-9(13(16)17)15-12(19-11)8-4-3-5-20-8/h3-5H,1-2H3,(H,16,17). The smallest absolute Gasteiger partial charge is 0.358 e. The highest BCUT2D eigenvalue weighted by Gasteiger charge is 2.26. The van der Waals surface area contributed by atoms with Gasteiger partial charge in [0.05, 0.1) is 10.6 Å². The summed E-state index contributed by atoms with van der Waals surface area (Å²) in [6.45, 7) is 3.41. The Bertz CT molecular complexity index is 771. The summed E-state index contributed by atoms with van der Waals surface area (Å²) in [6.07, 6.45) is 0. The molecule has 102 valence electrons. The van der Waals surface area contributed by atoms with Gasteiger partial charge >= 0.3 is 5.97 Å². The number of nitrogens with zero attached hydrogens (tertiary/aromatic N) is 2. The number of carboxylic acids is 1. The Morgan fingerprint density at radius 3 is 2.60 bits per heavy atom. The van der Waals surface area contributed by atoms with E-state index in [1.54, 1.807) is 13.8 Å². The number of thiophene rings is 1. The van der Waals surface area contributed by atoms with Gasteiger partial charge in [0.2, 0.25) is 11.7 Å². The molecule has 20 heavy (non-hydrogen) atoms. The lowest BCUT2D eigenvalue weighted by Crippen LogP contribution is -1.98. The third kappa shape index (κ3) is 2.01. The van der Waals surface area contributed by atoms with E-state index in [2.05, 4.69) is 9.97 Å². The fraction of sp³-hybridized carbons (Fsp3) is 0.154. The lowest BCUT2D eigenvalue weighted by atomic mass is 10.2. The van der Waals surface area contributed by atoms with Crippen molar-refractivity contribution in [1.29, 1.82) is 0 Å². The van der Waals surface area contributed by atoms with Crippen molar-refractivity contribution in [2.75, 3.05) is 0 Å².